The number of carbonyl (C=O) groups excluding carboxylic acids is 2. The van der Waals surface area contributed by atoms with Crippen molar-refractivity contribution in [2.45, 2.75) is 12.5 Å². The van der Waals surface area contributed by atoms with Gasteiger partial charge in [-0.1, -0.05) is 11.6 Å². The van der Waals surface area contributed by atoms with E-state index in [0.717, 1.165) is 0 Å². The van der Waals surface area contributed by atoms with Gasteiger partial charge in [0.25, 0.3) is 0 Å². The molecule has 90 valence electrons. The topological polar surface area (TPSA) is 81.4 Å². The van der Waals surface area contributed by atoms with Gasteiger partial charge in [-0.2, -0.15) is 0 Å². The zero-order valence-corrected chi connectivity index (χ0v) is 9.66. The van der Waals surface area contributed by atoms with Gasteiger partial charge in [0.2, 0.25) is 0 Å². The summed E-state index contributed by atoms with van der Waals surface area (Å²) in [6.07, 6.45) is 0.0324. The summed E-state index contributed by atoms with van der Waals surface area (Å²) in [7, 11) is 0. The molecule has 1 heterocycles. The molecule has 2 rings (SSSR count). The van der Waals surface area contributed by atoms with Crippen LogP contribution in [-0.4, -0.2) is 24.5 Å². The maximum Gasteiger partial charge on any atom is 0.325 e. The summed E-state index contributed by atoms with van der Waals surface area (Å²) in [4.78, 5) is 23.1. The van der Waals surface area contributed by atoms with Crippen LogP contribution in [0.3, 0.4) is 0 Å². The summed E-state index contributed by atoms with van der Waals surface area (Å²) in [5.41, 5.74) is 6.37. The molecule has 0 bridgehead atoms. The fourth-order valence-electron chi connectivity index (χ4n) is 1.64. The highest BCUT2D eigenvalue weighted by Gasteiger charge is 2.28. The van der Waals surface area contributed by atoms with E-state index in [1.807, 2.05) is 0 Å². The molecule has 0 spiro atoms. The third-order valence-corrected chi connectivity index (χ3v) is 2.77. The lowest BCUT2D eigenvalue weighted by atomic mass is 10.0. The van der Waals surface area contributed by atoms with Crippen molar-refractivity contribution in [3.05, 3.63) is 28.8 Å². The molecule has 17 heavy (non-hydrogen) atoms. The predicted molar refractivity (Wildman–Crippen MR) is 62.7 cm³/mol. The minimum atomic E-state index is -0.586. The Hall–Kier alpha value is -1.59. The van der Waals surface area contributed by atoms with Gasteiger partial charge in [-0.25, -0.2) is 0 Å². The van der Waals surface area contributed by atoms with Gasteiger partial charge in [0.15, 0.2) is 5.78 Å². The number of Topliss-reactive ketones (excluding diaryl/α,β-unsaturated/α-hetero) is 1. The van der Waals surface area contributed by atoms with Crippen LogP contribution < -0.4 is 11.1 Å². The monoisotopic (exact) mass is 254 g/mol. The van der Waals surface area contributed by atoms with Crippen LogP contribution in [0, 0.1) is 0 Å². The average Bonchev–Trinajstić information content (AvgIpc) is 2.64. The fraction of sp³-hybridized carbons (Fsp3) is 0.273. The molecule has 0 amide bonds. The third kappa shape index (κ3) is 2.57. The normalized spacial score (nSPS) is 19.1. The number of hydrogen-bond donors (Lipinski definition) is 2. The zero-order chi connectivity index (χ0) is 12.4. The van der Waals surface area contributed by atoms with Crippen LogP contribution in [0.2, 0.25) is 5.02 Å². The van der Waals surface area contributed by atoms with Crippen molar-refractivity contribution in [2.75, 3.05) is 12.5 Å². The second-order valence-corrected chi connectivity index (χ2v) is 4.16. The molecular formula is C11H11ClN2O3. The first kappa shape index (κ1) is 11.9. The Balaban J connectivity index is 2.11. The van der Waals surface area contributed by atoms with Crippen molar-refractivity contribution >= 4 is 29.0 Å². The van der Waals surface area contributed by atoms with Crippen molar-refractivity contribution in [1.29, 1.82) is 0 Å². The van der Waals surface area contributed by atoms with Crippen LogP contribution in [0.25, 0.3) is 0 Å². The van der Waals surface area contributed by atoms with Crippen molar-refractivity contribution in [3.8, 4) is 0 Å². The maximum absolute atomic E-state index is 11.9. The Morgan fingerprint density at radius 1 is 1.59 bits per heavy atom. The largest absolute Gasteiger partial charge is 0.449 e. The number of esters is 1. The van der Waals surface area contributed by atoms with Gasteiger partial charge in [-0.05, 0) is 18.2 Å². The maximum atomic E-state index is 11.9. The lowest BCUT2D eigenvalue weighted by Crippen LogP contribution is -2.30. The summed E-state index contributed by atoms with van der Waals surface area (Å²) in [6.45, 7) is 0.146. The molecule has 3 N–H and O–H groups in total. The van der Waals surface area contributed by atoms with Gasteiger partial charge in [-0.15, -0.1) is 0 Å². The first-order valence-corrected chi connectivity index (χ1v) is 5.44. The lowest BCUT2D eigenvalue weighted by Gasteiger charge is -2.07. The summed E-state index contributed by atoms with van der Waals surface area (Å²) < 4.78 is 4.70. The first-order chi connectivity index (χ1) is 8.08. The molecule has 1 aromatic carbocycles. The smallest absolute Gasteiger partial charge is 0.325 e. The minimum absolute atomic E-state index is 0.0324. The molecule has 0 aromatic heterocycles. The number of anilines is 1. The van der Waals surface area contributed by atoms with Gasteiger partial charge in [0.1, 0.15) is 12.8 Å². The van der Waals surface area contributed by atoms with Gasteiger partial charge in [-0.3, -0.25) is 14.9 Å². The zero-order valence-electron chi connectivity index (χ0n) is 8.90. The Bertz CT molecular complexity index is 476. The second-order valence-electron chi connectivity index (χ2n) is 3.72. The Kier molecular flexibility index (Phi) is 3.31. The molecule has 1 saturated heterocycles. The van der Waals surface area contributed by atoms with Gasteiger partial charge >= 0.3 is 5.97 Å². The number of rotatable bonds is 3. The van der Waals surface area contributed by atoms with E-state index in [2.05, 4.69) is 5.32 Å². The quantitative estimate of drug-likeness (QED) is 0.477. The molecule has 0 aliphatic carbocycles. The highest BCUT2D eigenvalue weighted by Crippen LogP contribution is 2.20. The lowest BCUT2D eigenvalue weighted by molar-refractivity contribution is -0.139. The number of ketones is 1. The number of carbonyl (C=O) groups is 2. The summed E-state index contributed by atoms with van der Waals surface area (Å²) >= 11 is 5.74. The number of halogens is 1. The fourth-order valence-corrected chi connectivity index (χ4v) is 1.82. The van der Waals surface area contributed by atoms with Crippen LogP contribution in [0.1, 0.15) is 16.8 Å². The van der Waals surface area contributed by atoms with E-state index in [0.29, 0.717) is 16.3 Å². The number of nitrogens with two attached hydrogens (primary N) is 1. The van der Waals surface area contributed by atoms with Crippen molar-refractivity contribution < 1.29 is 14.3 Å². The van der Waals surface area contributed by atoms with Crippen molar-refractivity contribution in [2.24, 2.45) is 0 Å². The third-order valence-electron chi connectivity index (χ3n) is 2.53. The predicted octanol–water partition coefficient (Wildman–Crippen LogP) is 0.968. The van der Waals surface area contributed by atoms with Crippen LogP contribution in [0.15, 0.2) is 18.2 Å². The molecule has 5 nitrogen and oxygen atoms in total. The molecule has 1 atom stereocenters. The number of hydrogen-bond acceptors (Lipinski definition) is 5. The standard InChI is InChI=1S/C11H11ClN2O3/c12-6-1-2-7(8(13)3-6)10(15)4-9-11(16)17-5-14-9/h1-3,9,14H,4-5,13H2. The Morgan fingerprint density at radius 2 is 2.35 bits per heavy atom. The molecule has 6 heteroatoms. The van der Waals surface area contributed by atoms with E-state index < -0.39 is 12.0 Å². The molecule has 0 radical (unpaired) electrons. The minimum Gasteiger partial charge on any atom is -0.449 e. The molecule has 1 aromatic rings. The summed E-state index contributed by atoms with van der Waals surface area (Å²) in [5, 5.41) is 3.25. The van der Waals surface area contributed by atoms with E-state index >= 15 is 0 Å². The van der Waals surface area contributed by atoms with E-state index in [4.69, 9.17) is 22.1 Å². The van der Waals surface area contributed by atoms with Crippen LogP contribution >= 0.6 is 11.6 Å². The highest BCUT2D eigenvalue weighted by molar-refractivity contribution is 6.31. The van der Waals surface area contributed by atoms with Gasteiger partial charge < -0.3 is 10.5 Å². The molecular weight excluding hydrogens is 244 g/mol. The van der Waals surface area contributed by atoms with Crippen LogP contribution in [-0.2, 0) is 9.53 Å². The van der Waals surface area contributed by atoms with E-state index in [1.165, 1.54) is 6.07 Å². The Labute approximate surface area is 103 Å². The van der Waals surface area contributed by atoms with Gasteiger partial charge in [0.05, 0.1) is 0 Å². The first-order valence-electron chi connectivity index (χ1n) is 5.06. The molecule has 1 fully saturated rings. The number of nitrogens with one attached hydrogen (secondary N) is 1. The summed E-state index contributed by atoms with van der Waals surface area (Å²) in [5.74, 6) is -0.624. The second kappa shape index (κ2) is 4.73. The molecule has 1 aliphatic heterocycles. The number of benzene rings is 1. The van der Waals surface area contributed by atoms with E-state index in [1.54, 1.807) is 12.1 Å². The van der Waals surface area contributed by atoms with Crippen molar-refractivity contribution in [3.63, 3.8) is 0 Å². The van der Waals surface area contributed by atoms with Gasteiger partial charge in [0, 0.05) is 22.7 Å². The van der Waals surface area contributed by atoms with E-state index in [9.17, 15) is 9.59 Å². The summed E-state index contributed by atoms with van der Waals surface area (Å²) in [6, 6.07) is 4.07. The molecule has 0 saturated carbocycles. The van der Waals surface area contributed by atoms with Crippen LogP contribution in [0.5, 0.6) is 0 Å². The average molecular weight is 255 g/mol. The molecule has 1 aliphatic rings. The molecule has 1 unspecified atom stereocenters. The number of nitrogen functional groups attached to an aromatic ring is 1. The Morgan fingerprint density at radius 3 is 2.94 bits per heavy atom. The van der Waals surface area contributed by atoms with Crippen LogP contribution in [0.4, 0.5) is 5.69 Å². The highest BCUT2D eigenvalue weighted by atomic mass is 35.5. The van der Waals surface area contributed by atoms with E-state index in [-0.39, 0.29) is 18.9 Å². The van der Waals surface area contributed by atoms with Crippen molar-refractivity contribution in [1.82, 2.24) is 5.32 Å². The SMILES string of the molecule is Nc1cc(Cl)ccc1C(=O)CC1NCOC1=O. The number of cyclic esters (lactones) is 1. The number of ether oxygens (including phenoxy) is 1.